The molecule has 16 heavy (non-hydrogen) atoms. The van der Waals surface area contributed by atoms with Gasteiger partial charge in [0.15, 0.2) is 0 Å². The lowest BCUT2D eigenvalue weighted by Gasteiger charge is -2.45. The molecule has 0 bridgehead atoms. The van der Waals surface area contributed by atoms with Crippen molar-refractivity contribution >= 4 is 0 Å². The second-order valence-electron chi connectivity index (χ2n) is 6.89. The zero-order chi connectivity index (χ0) is 11.8. The van der Waals surface area contributed by atoms with Crippen molar-refractivity contribution in [3.63, 3.8) is 0 Å². The SMILES string of the molecule is CC1CCC(C(C)(C)C2CCCC2)C(O)C1. The molecule has 2 aliphatic rings. The molecule has 2 fully saturated rings. The average Bonchev–Trinajstić information content (AvgIpc) is 2.69. The van der Waals surface area contributed by atoms with Crippen LogP contribution < -0.4 is 0 Å². The number of hydrogen-bond donors (Lipinski definition) is 1. The summed E-state index contributed by atoms with van der Waals surface area (Å²) in [4.78, 5) is 0. The van der Waals surface area contributed by atoms with Crippen molar-refractivity contribution in [2.45, 2.75) is 71.8 Å². The summed E-state index contributed by atoms with van der Waals surface area (Å²) in [6.45, 7) is 7.10. The molecule has 1 nitrogen and oxygen atoms in total. The van der Waals surface area contributed by atoms with Gasteiger partial charge in [-0.05, 0) is 48.9 Å². The molecular formula is C15H28O. The van der Waals surface area contributed by atoms with E-state index in [1.807, 2.05) is 0 Å². The van der Waals surface area contributed by atoms with Crippen LogP contribution in [0.1, 0.15) is 65.7 Å². The Bertz CT molecular complexity index is 228. The minimum absolute atomic E-state index is 0.0423. The van der Waals surface area contributed by atoms with E-state index in [4.69, 9.17) is 0 Å². The van der Waals surface area contributed by atoms with E-state index in [0.29, 0.717) is 11.3 Å². The number of rotatable bonds is 2. The summed E-state index contributed by atoms with van der Waals surface area (Å²) in [5.74, 6) is 2.14. The van der Waals surface area contributed by atoms with Crippen LogP contribution in [-0.2, 0) is 0 Å². The van der Waals surface area contributed by atoms with Crippen LogP contribution in [0.5, 0.6) is 0 Å². The third kappa shape index (κ3) is 2.30. The van der Waals surface area contributed by atoms with E-state index < -0.39 is 0 Å². The van der Waals surface area contributed by atoms with Crippen LogP contribution in [0.2, 0.25) is 0 Å². The summed E-state index contributed by atoms with van der Waals surface area (Å²) in [5, 5.41) is 10.3. The van der Waals surface area contributed by atoms with E-state index in [0.717, 1.165) is 18.3 Å². The topological polar surface area (TPSA) is 20.2 Å². The van der Waals surface area contributed by atoms with Gasteiger partial charge in [-0.1, -0.05) is 40.0 Å². The smallest absolute Gasteiger partial charge is 0.0576 e. The van der Waals surface area contributed by atoms with Crippen molar-refractivity contribution in [3.8, 4) is 0 Å². The fraction of sp³-hybridized carbons (Fsp3) is 1.00. The van der Waals surface area contributed by atoms with E-state index in [2.05, 4.69) is 20.8 Å². The summed E-state index contributed by atoms with van der Waals surface area (Å²) < 4.78 is 0. The maximum absolute atomic E-state index is 10.3. The lowest BCUT2D eigenvalue weighted by atomic mass is 9.61. The third-order valence-corrected chi connectivity index (χ3v) is 5.44. The van der Waals surface area contributed by atoms with Gasteiger partial charge in [-0.3, -0.25) is 0 Å². The van der Waals surface area contributed by atoms with Gasteiger partial charge < -0.3 is 5.11 Å². The summed E-state index contributed by atoms with van der Waals surface area (Å²) in [7, 11) is 0. The Labute approximate surface area is 101 Å². The monoisotopic (exact) mass is 224 g/mol. The lowest BCUT2D eigenvalue weighted by Crippen LogP contribution is -2.42. The molecule has 3 atom stereocenters. The average molecular weight is 224 g/mol. The Morgan fingerprint density at radius 2 is 1.62 bits per heavy atom. The van der Waals surface area contributed by atoms with Gasteiger partial charge in [0.25, 0.3) is 0 Å². The van der Waals surface area contributed by atoms with Crippen LogP contribution in [0, 0.1) is 23.2 Å². The minimum atomic E-state index is -0.0423. The quantitative estimate of drug-likeness (QED) is 0.751. The van der Waals surface area contributed by atoms with Gasteiger partial charge in [0.1, 0.15) is 0 Å². The van der Waals surface area contributed by atoms with E-state index in [1.54, 1.807) is 0 Å². The summed E-state index contributed by atoms with van der Waals surface area (Å²) >= 11 is 0. The second kappa shape index (κ2) is 4.68. The van der Waals surface area contributed by atoms with Crippen LogP contribution in [0.25, 0.3) is 0 Å². The van der Waals surface area contributed by atoms with Crippen molar-refractivity contribution < 1.29 is 5.11 Å². The van der Waals surface area contributed by atoms with Crippen LogP contribution in [0.15, 0.2) is 0 Å². The number of hydrogen-bond acceptors (Lipinski definition) is 1. The molecule has 2 aliphatic carbocycles. The first-order valence-corrected chi connectivity index (χ1v) is 7.20. The molecule has 1 heteroatoms. The highest BCUT2D eigenvalue weighted by atomic mass is 16.3. The molecular weight excluding hydrogens is 196 g/mol. The molecule has 2 rings (SSSR count). The molecule has 3 unspecified atom stereocenters. The van der Waals surface area contributed by atoms with Crippen LogP contribution in [0.3, 0.4) is 0 Å². The van der Waals surface area contributed by atoms with Crippen molar-refractivity contribution in [1.82, 2.24) is 0 Å². The molecule has 0 heterocycles. The predicted molar refractivity (Wildman–Crippen MR) is 68.3 cm³/mol. The molecule has 94 valence electrons. The standard InChI is InChI=1S/C15H28O/c1-11-8-9-13(14(16)10-11)15(2,3)12-6-4-5-7-12/h11-14,16H,4-10H2,1-3H3. The summed E-state index contributed by atoms with van der Waals surface area (Å²) in [6, 6.07) is 0. The van der Waals surface area contributed by atoms with E-state index in [1.165, 1.54) is 38.5 Å². The lowest BCUT2D eigenvalue weighted by molar-refractivity contribution is -0.0370. The largest absolute Gasteiger partial charge is 0.393 e. The molecule has 0 aliphatic heterocycles. The summed E-state index contributed by atoms with van der Waals surface area (Å²) in [5.41, 5.74) is 0.357. The third-order valence-electron chi connectivity index (χ3n) is 5.44. The molecule has 0 aromatic rings. The van der Waals surface area contributed by atoms with Gasteiger partial charge >= 0.3 is 0 Å². The highest BCUT2D eigenvalue weighted by Crippen LogP contribution is 2.49. The van der Waals surface area contributed by atoms with Crippen molar-refractivity contribution in [2.75, 3.05) is 0 Å². The zero-order valence-corrected chi connectivity index (χ0v) is 11.2. The van der Waals surface area contributed by atoms with Crippen LogP contribution in [0.4, 0.5) is 0 Å². The Balaban J connectivity index is 2.04. The van der Waals surface area contributed by atoms with Gasteiger partial charge in [-0.2, -0.15) is 0 Å². The molecule has 1 N–H and O–H groups in total. The highest BCUT2D eigenvalue weighted by molar-refractivity contribution is 4.93. The molecule has 0 aromatic carbocycles. The minimum Gasteiger partial charge on any atom is -0.393 e. The molecule has 0 aromatic heterocycles. The maximum atomic E-state index is 10.3. The van der Waals surface area contributed by atoms with Gasteiger partial charge in [-0.25, -0.2) is 0 Å². The fourth-order valence-corrected chi connectivity index (χ4v) is 4.19. The first-order valence-electron chi connectivity index (χ1n) is 7.20. The zero-order valence-electron chi connectivity index (χ0n) is 11.2. The molecule has 0 saturated heterocycles. The highest BCUT2D eigenvalue weighted by Gasteiger charge is 2.43. The second-order valence-corrected chi connectivity index (χ2v) is 6.89. The Morgan fingerprint density at radius 1 is 1.00 bits per heavy atom. The fourth-order valence-electron chi connectivity index (χ4n) is 4.19. The molecule has 0 spiro atoms. The van der Waals surface area contributed by atoms with E-state index in [-0.39, 0.29) is 6.10 Å². The number of aliphatic hydroxyl groups excluding tert-OH is 1. The predicted octanol–water partition coefficient (Wildman–Crippen LogP) is 4.00. The Kier molecular flexibility index (Phi) is 3.63. The van der Waals surface area contributed by atoms with Crippen molar-refractivity contribution in [3.05, 3.63) is 0 Å². The van der Waals surface area contributed by atoms with Gasteiger partial charge in [-0.15, -0.1) is 0 Å². The van der Waals surface area contributed by atoms with E-state index >= 15 is 0 Å². The van der Waals surface area contributed by atoms with Gasteiger partial charge in [0.05, 0.1) is 6.10 Å². The normalized spacial score (nSPS) is 37.9. The molecule has 0 amide bonds. The molecule has 2 saturated carbocycles. The van der Waals surface area contributed by atoms with Gasteiger partial charge in [0.2, 0.25) is 0 Å². The first kappa shape index (κ1) is 12.4. The van der Waals surface area contributed by atoms with Crippen LogP contribution >= 0.6 is 0 Å². The van der Waals surface area contributed by atoms with Crippen LogP contribution in [-0.4, -0.2) is 11.2 Å². The van der Waals surface area contributed by atoms with Crippen molar-refractivity contribution in [1.29, 1.82) is 0 Å². The Morgan fingerprint density at radius 3 is 2.19 bits per heavy atom. The van der Waals surface area contributed by atoms with Gasteiger partial charge in [0, 0.05) is 0 Å². The number of aliphatic hydroxyl groups is 1. The summed E-state index contributed by atoms with van der Waals surface area (Å²) in [6.07, 6.45) is 9.15. The Hall–Kier alpha value is -0.0400. The van der Waals surface area contributed by atoms with Crippen molar-refractivity contribution in [2.24, 2.45) is 23.2 Å². The molecule has 0 radical (unpaired) electrons. The van der Waals surface area contributed by atoms with E-state index in [9.17, 15) is 5.11 Å². The first-order chi connectivity index (χ1) is 7.51. The maximum Gasteiger partial charge on any atom is 0.0576 e.